The molecule has 1 fully saturated rings. The van der Waals surface area contributed by atoms with Gasteiger partial charge in [-0.05, 0) is 30.5 Å². The fourth-order valence-electron chi connectivity index (χ4n) is 2.28. The molecule has 1 heterocycles. The fourth-order valence-corrected chi connectivity index (χ4v) is 2.55. The minimum absolute atomic E-state index is 0.0983. The molecule has 16 heavy (non-hydrogen) atoms. The van der Waals surface area contributed by atoms with E-state index in [-0.39, 0.29) is 5.41 Å². The van der Waals surface area contributed by atoms with Crippen molar-refractivity contribution in [1.82, 2.24) is 0 Å². The molecule has 0 aliphatic carbocycles. The summed E-state index contributed by atoms with van der Waals surface area (Å²) in [6, 6.07) is 8.34. The van der Waals surface area contributed by atoms with E-state index >= 15 is 0 Å². The molecule has 0 bridgehead atoms. The number of hydrogen-bond donors (Lipinski definition) is 1. The molecule has 3 heteroatoms. The molecule has 0 aromatic heterocycles. The van der Waals surface area contributed by atoms with Crippen molar-refractivity contribution in [1.29, 1.82) is 0 Å². The van der Waals surface area contributed by atoms with Crippen LogP contribution in [0.2, 0.25) is 0 Å². The third-order valence-corrected chi connectivity index (χ3v) is 3.89. The van der Waals surface area contributed by atoms with Gasteiger partial charge in [0, 0.05) is 28.8 Å². The van der Waals surface area contributed by atoms with Crippen molar-refractivity contribution in [2.45, 2.75) is 18.3 Å². The molecule has 0 spiro atoms. The SMILES string of the molecule is C=C(N)C1(c2ccc(Br)cc2)CCOCC1. The normalized spacial score (nSPS) is 19.3. The largest absolute Gasteiger partial charge is 0.402 e. The van der Waals surface area contributed by atoms with Gasteiger partial charge in [-0.25, -0.2) is 0 Å². The molecule has 1 aromatic rings. The smallest absolute Gasteiger partial charge is 0.0478 e. The highest BCUT2D eigenvalue weighted by atomic mass is 79.9. The third-order valence-electron chi connectivity index (χ3n) is 3.36. The molecule has 1 saturated heterocycles. The summed E-state index contributed by atoms with van der Waals surface area (Å²) < 4.78 is 6.50. The number of benzene rings is 1. The van der Waals surface area contributed by atoms with Crippen LogP contribution in [-0.2, 0) is 10.2 Å². The monoisotopic (exact) mass is 281 g/mol. The van der Waals surface area contributed by atoms with E-state index in [1.54, 1.807) is 0 Å². The Kier molecular flexibility index (Phi) is 3.36. The Balaban J connectivity index is 2.38. The lowest BCUT2D eigenvalue weighted by Crippen LogP contribution is -2.38. The summed E-state index contributed by atoms with van der Waals surface area (Å²) in [5, 5.41) is 0. The first-order valence-corrected chi connectivity index (χ1v) is 6.23. The Bertz CT molecular complexity index is 379. The van der Waals surface area contributed by atoms with E-state index in [9.17, 15) is 0 Å². The predicted octanol–water partition coefficient (Wildman–Crippen LogP) is 2.97. The van der Waals surface area contributed by atoms with Crippen LogP contribution in [0.5, 0.6) is 0 Å². The maximum Gasteiger partial charge on any atom is 0.0478 e. The van der Waals surface area contributed by atoms with Crippen molar-refractivity contribution in [3.63, 3.8) is 0 Å². The third kappa shape index (κ3) is 2.02. The molecule has 0 atom stereocenters. The molecule has 0 amide bonds. The van der Waals surface area contributed by atoms with E-state index in [4.69, 9.17) is 10.5 Å². The van der Waals surface area contributed by atoms with Gasteiger partial charge in [-0.2, -0.15) is 0 Å². The van der Waals surface area contributed by atoms with Crippen LogP contribution in [0.4, 0.5) is 0 Å². The summed E-state index contributed by atoms with van der Waals surface area (Å²) in [5.74, 6) is 0. The average molecular weight is 282 g/mol. The number of nitrogens with two attached hydrogens (primary N) is 1. The van der Waals surface area contributed by atoms with Crippen LogP contribution in [0, 0.1) is 0 Å². The van der Waals surface area contributed by atoms with Crippen LogP contribution in [0.15, 0.2) is 41.0 Å². The lowest BCUT2D eigenvalue weighted by Gasteiger charge is -2.37. The molecule has 86 valence electrons. The summed E-state index contributed by atoms with van der Waals surface area (Å²) in [7, 11) is 0. The van der Waals surface area contributed by atoms with Gasteiger partial charge < -0.3 is 10.5 Å². The number of allylic oxidation sites excluding steroid dienone is 1. The van der Waals surface area contributed by atoms with Gasteiger partial charge in [0.15, 0.2) is 0 Å². The van der Waals surface area contributed by atoms with Crippen LogP contribution in [0.3, 0.4) is 0 Å². The number of hydrogen-bond acceptors (Lipinski definition) is 2. The van der Waals surface area contributed by atoms with Crippen LogP contribution in [0.1, 0.15) is 18.4 Å². The second-order valence-electron chi connectivity index (χ2n) is 4.23. The molecule has 2 nitrogen and oxygen atoms in total. The summed E-state index contributed by atoms with van der Waals surface area (Å²) in [4.78, 5) is 0. The van der Waals surface area contributed by atoms with E-state index in [1.807, 2.05) is 0 Å². The zero-order valence-corrected chi connectivity index (χ0v) is 10.8. The zero-order chi connectivity index (χ0) is 11.6. The van der Waals surface area contributed by atoms with Crippen molar-refractivity contribution in [2.24, 2.45) is 5.73 Å². The molecule has 1 aromatic carbocycles. The summed E-state index contributed by atoms with van der Waals surface area (Å²) in [6.45, 7) is 5.47. The topological polar surface area (TPSA) is 35.2 Å². The number of halogens is 1. The van der Waals surface area contributed by atoms with Gasteiger partial charge in [0.2, 0.25) is 0 Å². The number of rotatable bonds is 2. The Morgan fingerprint density at radius 2 is 1.81 bits per heavy atom. The lowest BCUT2D eigenvalue weighted by molar-refractivity contribution is 0.0615. The van der Waals surface area contributed by atoms with Crippen LogP contribution in [-0.4, -0.2) is 13.2 Å². The second kappa shape index (κ2) is 4.60. The van der Waals surface area contributed by atoms with Gasteiger partial charge >= 0.3 is 0 Å². The predicted molar refractivity (Wildman–Crippen MR) is 69.2 cm³/mol. The van der Waals surface area contributed by atoms with E-state index < -0.39 is 0 Å². The van der Waals surface area contributed by atoms with Crippen molar-refractivity contribution in [2.75, 3.05) is 13.2 Å². The highest BCUT2D eigenvalue weighted by Crippen LogP contribution is 2.38. The van der Waals surface area contributed by atoms with E-state index in [1.165, 1.54) is 5.56 Å². The van der Waals surface area contributed by atoms with Gasteiger partial charge in [-0.3, -0.25) is 0 Å². The maximum atomic E-state index is 6.01. The van der Waals surface area contributed by atoms with Gasteiger partial charge in [0.1, 0.15) is 0 Å². The Morgan fingerprint density at radius 3 is 2.31 bits per heavy atom. The van der Waals surface area contributed by atoms with Crippen LogP contribution in [0.25, 0.3) is 0 Å². The highest BCUT2D eigenvalue weighted by Gasteiger charge is 2.35. The molecule has 1 aliphatic heterocycles. The van der Waals surface area contributed by atoms with Crippen LogP contribution >= 0.6 is 15.9 Å². The Labute approximate surface area is 105 Å². The Morgan fingerprint density at radius 1 is 1.25 bits per heavy atom. The second-order valence-corrected chi connectivity index (χ2v) is 5.14. The zero-order valence-electron chi connectivity index (χ0n) is 9.21. The molecule has 2 rings (SSSR count). The molecule has 0 radical (unpaired) electrons. The molecule has 1 aliphatic rings. The van der Waals surface area contributed by atoms with Gasteiger partial charge in [0.25, 0.3) is 0 Å². The van der Waals surface area contributed by atoms with Crippen molar-refractivity contribution in [3.8, 4) is 0 Å². The molecule has 0 saturated carbocycles. The molecule has 2 N–H and O–H groups in total. The maximum absolute atomic E-state index is 6.01. The quantitative estimate of drug-likeness (QED) is 0.905. The minimum Gasteiger partial charge on any atom is -0.402 e. The highest BCUT2D eigenvalue weighted by molar-refractivity contribution is 9.10. The lowest BCUT2D eigenvalue weighted by atomic mass is 9.72. The first-order valence-electron chi connectivity index (χ1n) is 5.44. The van der Waals surface area contributed by atoms with E-state index in [0.29, 0.717) is 0 Å². The molecular weight excluding hydrogens is 266 g/mol. The number of ether oxygens (including phenoxy) is 1. The first-order chi connectivity index (χ1) is 7.65. The molecule has 0 unspecified atom stereocenters. The Hall–Kier alpha value is -0.800. The van der Waals surface area contributed by atoms with E-state index in [2.05, 4.69) is 46.8 Å². The average Bonchev–Trinajstić information content (AvgIpc) is 2.30. The van der Waals surface area contributed by atoms with Crippen LogP contribution < -0.4 is 5.73 Å². The fraction of sp³-hybridized carbons (Fsp3) is 0.385. The van der Waals surface area contributed by atoms with Crippen molar-refractivity contribution >= 4 is 15.9 Å². The van der Waals surface area contributed by atoms with E-state index in [0.717, 1.165) is 36.2 Å². The summed E-state index contributed by atoms with van der Waals surface area (Å²) >= 11 is 3.45. The van der Waals surface area contributed by atoms with Gasteiger partial charge in [0.05, 0.1) is 0 Å². The van der Waals surface area contributed by atoms with Crippen molar-refractivity contribution in [3.05, 3.63) is 46.6 Å². The molecular formula is C13H16BrNO. The van der Waals surface area contributed by atoms with Gasteiger partial charge in [-0.15, -0.1) is 0 Å². The standard InChI is InChI=1S/C13H16BrNO/c1-10(15)13(6-8-16-9-7-13)11-2-4-12(14)5-3-11/h2-5H,1,6-9,15H2. The minimum atomic E-state index is -0.0983. The van der Waals surface area contributed by atoms with Crippen molar-refractivity contribution < 1.29 is 4.74 Å². The summed E-state index contributed by atoms with van der Waals surface area (Å²) in [6.07, 6.45) is 1.84. The first kappa shape index (κ1) is 11.7. The summed E-state index contributed by atoms with van der Waals surface area (Å²) in [5.41, 5.74) is 7.90. The van der Waals surface area contributed by atoms with Gasteiger partial charge in [-0.1, -0.05) is 34.6 Å².